The van der Waals surface area contributed by atoms with Gasteiger partial charge in [-0.05, 0) is 31.9 Å². The number of hydrogen-bond donors (Lipinski definition) is 2. The van der Waals surface area contributed by atoms with Gasteiger partial charge in [0.1, 0.15) is 0 Å². The summed E-state index contributed by atoms with van der Waals surface area (Å²) in [5, 5.41) is 6.30. The number of halogens is 3. The highest BCUT2D eigenvalue weighted by Crippen LogP contribution is 2.33. The minimum atomic E-state index is -4.73. The monoisotopic (exact) mass is 368 g/mol. The number of amides is 1. The fourth-order valence-electron chi connectivity index (χ4n) is 2.52. The molecule has 0 bridgehead atoms. The molecule has 26 heavy (non-hydrogen) atoms. The number of nitrogens with two attached hydrogens (primary N) is 1. The van der Waals surface area contributed by atoms with Crippen molar-refractivity contribution in [3.8, 4) is 5.69 Å². The van der Waals surface area contributed by atoms with Gasteiger partial charge in [0.05, 0.1) is 17.4 Å². The van der Waals surface area contributed by atoms with E-state index in [2.05, 4.69) is 10.4 Å². The summed E-state index contributed by atoms with van der Waals surface area (Å²) in [7, 11) is 0. The Morgan fingerprint density at radius 3 is 2.27 bits per heavy atom. The summed E-state index contributed by atoms with van der Waals surface area (Å²) in [5.74, 6) is -0.840. The number of aromatic nitrogens is 2. The normalized spacial score (nSPS) is 12.3. The summed E-state index contributed by atoms with van der Waals surface area (Å²) < 4.78 is 41.6. The second-order valence-corrected chi connectivity index (χ2v) is 6.40. The van der Waals surface area contributed by atoms with E-state index in [9.17, 15) is 18.0 Å². The zero-order valence-electron chi connectivity index (χ0n) is 15.0. The number of benzene rings is 1. The third-order valence-electron chi connectivity index (χ3n) is 4.57. The Labute approximate surface area is 150 Å². The maximum atomic E-state index is 13.6. The number of alkyl halides is 3. The van der Waals surface area contributed by atoms with Gasteiger partial charge in [0.2, 0.25) is 0 Å². The lowest BCUT2D eigenvalue weighted by Gasteiger charge is -2.26. The fraction of sp³-hybridized carbons (Fsp3) is 0.444. The molecule has 0 radical (unpaired) electrons. The van der Waals surface area contributed by atoms with Crippen LogP contribution in [0.5, 0.6) is 0 Å². The summed E-state index contributed by atoms with van der Waals surface area (Å²) in [6, 6.07) is 6.42. The number of carbonyl (C=O) groups excluding carboxylic acids is 1. The zero-order valence-corrected chi connectivity index (χ0v) is 15.0. The van der Waals surface area contributed by atoms with E-state index in [1.807, 2.05) is 20.8 Å². The quantitative estimate of drug-likeness (QED) is 0.820. The van der Waals surface area contributed by atoms with Crippen molar-refractivity contribution in [1.82, 2.24) is 15.1 Å². The van der Waals surface area contributed by atoms with Gasteiger partial charge in [0.25, 0.3) is 5.91 Å². The SMILES string of the molecule is CCC(N)(CC)CNC(=O)c1cnn(-c2ccc(C)cc2)c1C(F)(F)F. The van der Waals surface area contributed by atoms with Gasteiger partial charge in [0, 0.05) is 12.1 Å². The maximum Gasteiger partial charge on any atom is 0.434 e. The largest absolute Gasteiger partial charge is 0.434 e. The topological polar surface area (TPSA) is 72.9 Å². The molecule has 2 aromatic rings. The van der Waals surface area contributed by atoms with Crippen LogP contribution in [0.15, 0.2) is 30.5 Å². The third-order valence-corrected chi connectivity index (χ3v) is 4.57. The predicted molar refractivity (Wildman–Crippen MR) is 93.1 cm³/mol. The Balaban J connectivity index is 2.37. The molecule has 5 nitrogen and oxygen atoms in total. The van der Waals surface area contributed by atoms with Crippen molar-refractivity contribution in [2.24, 2.45) is 5.73 Å². The summed E-state index contributed by atoms with van der Waals surface area (Å²) in [5.41, 5.74) is 4.97. The van der Waals surface area contributed by atoms with E-state index in [0.29, 0.717) is 12.8 Å². The molecule has 8 heteroatoms. The molecule has 0 saturated heterocycles. The molecular formula is C18H23F3N4O. The molecule has 0 aliphatic carbocycles. The molecule has 1 amide bonds. The van der Waals surface area contributed by atoms with Crippen LogP contribution in [0.2, 0.25) is 0 Å². The zero-order chi connectivity index (χ0) is 19.5. The molecule has 1 heterocycles. The summed E-state index contributed by atoms with van der Waals surface area (Å²) in [4.78, 5) is 12.4. The van der Waals surface area contributed by atoms with Crippen molar-refractivity contribution in [3.63, 3.8) is 0 Å². The number of aryl methyl sites for hydroxylation is 1. The van der Waals surface area contributed by atoms with Gasteiger partial charge in [-0.3, -0.25) is 4.79 Å². The van der Waals surface area contributed by atoms with E-state index in [1.54, 1.807) is 12.1 Å². The van der Waals surface area contributed by atoms with Crippen molar-refractivity contribution in [2.75, 3.05) is 6.54 Å². The van der Waals surface area contributed by atoms with Gasteiger partial charge in [-0.25, -0.2) is 4.68 Å². The Morgan fingerprint density at radius 2 is 1.77 bits per heavy atom. The van der Waals surface area contributed by atoms with E-state index in [0.717, 1.165) is 16.4 Å². The van der Waals surface area contributed by atoms with Crippen molar-refractivity contribution in [1.29, 1.82) is 0 Å². The van der Waals surface area contributed by atoms with Crippen molar-refractivity contribution in [2.45, 2.75) is 45.3 Å². The van der Waals surface area contributed by atoms with Gasteiger partial charge in [-0.15, -0.1) is 0 Å². The summed E-state index contributed by atoms with van der Waals surface area (Å²) in [6.45, 7) is 5.65. The minimum absolute atomic E-state index is 0.0891. The first kappa shape index (κ1) is 20.0. The van der Waals surface area contributed by atoms with Crippen LogP contribution in [0, 0.1) is 6.92 Å². The molecule has 0 aliphatic heterocycles. The van der Waals surface area contributed by atoms with Crippen LogP contribution in [-0.2, 0) is 6.18 Å². The molecule has 142 valence electrons. The van der Waals surface area contributed by atoms with E-state index >= 15 is 0 Å². The lowest BCUT2D eigenvalue weighted by Crippen LogP contribution is -2.49. The molecule has 2 rings (SSSR count). The number of hydrogen-bond acceptors (Lipinski definition) is 3. The Bertz CT molecular complexity index is 762. The standard InChI is InChI=1S/C18H23F3N4O/c1-4-17(22,5-2)11-23-16(26)14-10-24-25(15(14)18(19,20)21)13-8-6-12(3)7-9-13/h6-10H,4-5,11,22H2,1-3H3,(H,23,26). The van der Waals surface area contributed by atoms with Crippen molar-refractivity contribution < 1.29 is 18.0 Å². The Hall–Kier alpha value is -2.35. The second kappa shape index (κ2) is 7.49. The predicted octanol–water partition coefficient (Wildman–Crippen LogP) is 3.45. The molecule has 1 aromatic heterocycles. The number of nitrogens with one attached hydrogen (secondary N) is 1. The summed E-state index contributed by atoms with van der Waals surface area (Å²) >= 11 is 0. The maximum absolute atomic E-state index is 13.6. The first-order valence-electron chi connectivity index (χ1n) is 8.40. The first-order valence-corrected chi connectivity index (χ1v) is 8.40. The van der Waals surface area contributed by atoms with Crippen LogP contribution in [0.3, 0.4) is 0 Å². The Kier molecular flexibility index (Phi) is 5.75. The minimum Gasteiger partial charge on any atom is -0.350 e. The molecular weight excluding hydrogens is 345 g/mol. The van der Waals surface area contributed by atoms with Crippen LogP contribution in [-0.4, -0.2) is 27.8 Å². The van der Waals surface area contributed by atoms with E-state index in [4.69, 9.17) is 5.73 Å². The molecule has 0 saturated carbocycles. The van der Waals surface area contributed by atoms with Gasteiger partial charge in [-0.2, -0.15) is 18.3 Å². The first-order chi connectivity index (χ1) is 12.1. The second-order valence-electron chi connectivity index (χ2n) is 6.40. The van der Waals surface area contributed by atoms with Crippen molar-refractivity contribution >= 4 is 5.91 Å². The van der Waals surface area contributed by atoms with Crippen LogP contribution < -0.4 is 11.1 Å². The number of carbonyl (C=O) groups is 1. The molecule has 3 N–H and O–H groups in total. The smallest absolute Gasteiger partial charge is 0.350 e. The van der Waals surface area contributed by atoms with Crippen molar-refractivity contribution in [3.05, 3.63) is 47.3 Å². The molecule has 0 spiro atoms. The number of rotatable bonds is 6. The van der Waals surface area contributed by atoms with E-state index < -0.39 is 28.9 Å². The Morgan fingerprint density at radius 1 is 1.19 bits per heavy atom. The molecule has 0 atom stereocenters. The third kappa shape index (κ3) is 4.24. The van der Waals surface area contributed by atoms with Gasteiger partial charge in [-0.1, -0.05) is 31.5 Å². The molecule has 1 aromatic carbocycles. The lowest BCUT2D eigenvalue weighted by molar-refractivity contribution is -0.143. The average molecular weight is 368 g/mol. The molecule has 0 unspecified atom stereocenters. The van der Waals surface area contributed by atoms with Crippen LogP contribution in [0.4, 0.5) is 13.2 Å². The van der Waals surface area contributed by atoms with Crippen LogP contribution >= 0.6 is 0 Å². The molecule has 0 aliphatic rings. The summed E-state index contributed by atoms with van der Waals surface area (Å²) in [6.07, 6.45) is -2.60. The highest BCUT2D eigenvalue weighted by Gasteiger charge is 2.40. The average Bonchev–Trinajstić information content (AvgIpc) is 3.05. The van der Waals surface area contributed by atoms with Crippen LogP contribution in [0.1, 0.15) is 48.3 Å². The van der Waals surface area contributed by atoms with E-state index in [-0.39, 0.29) is 12.2 Å². The fourth-order valence-corrected chi connectivity index (χ4v) is 2.52. The van der Waals surface area contributed by atoms with Gasteiger partial charge < -0.3 is 11.1 Å². The molecule has 0 fully saturated rings. The van der Waals surface area contributed by atoms with Crippen LogP contribution in [0.25, 0.3) is 5.69 Å². The van der Waals surface area contributed by atoms with E-state index in [1.165, 1.54) is 12.1 Å². The highest BCUT2D eigenvalue weighted by atomic mass is 19.4. The van der Waals surface area contributed by atoms with Gasteiger partial charge >= 0.3 is 6.18 Å². The lowest BCUT2D eigenvalue weighted by atomic mass is 9.94. The highest BCUT2D eigenvalue weighted by molar-refractivity contribution is 5.95. The van der Waals surface area contributed by atoms with Gasteiger partial charge in [0.15, 0.2) is 5.69 Å². The number of nitrogens with zero attached hydrogens (tertiary/aromatic N) is 2.